The molecule has 0 fully saturated rings. The summed E-state index contributed by atoms with van der Waals surface area (Å²) in [5, 5.41) is 10.8. The quantitative estimate of drug-likeness (QED) is 0.510. The van der Waals surface area contributed by atoms with E-state index < -0.39 is 5.91 Å². The maximum atomic E-state index is 12.8. The van der Waals surface area contributed by atoms with Crippen LogP contribution in [-0.2, 0) is 4.79 Å². The van der Waals surface area contributed by atoms with Crippen LogP contribution in [0.5, 0.6) is 0 Å². The number of carbonyl (C=O) groups excluding carboxylic acids is 2. The predicted octanol–water partition coefficient (Wildman–Crippen LogP) is 3.74. The standard InChI is InChI=1S/C23H24N6O2/c1-5-17(24)20(21(30)28-23-26-18-8-6-7-9-19(18)27-23)25-14(2)15-10-12-16(13-11-15)22(31)29(3)4/h6-13,24H,2,5H2,1,3-4H3,(H2,26,27,28,30). The van der Waals surface area contributed by atoms with Crippen LogP contribution in [0.1, 0.15) is 29.3 Å². The van der Waals surface area contributed by atoms with Gasteiger partial charge in [-0.2, -0.15) is 0 Å². The number of H-pyrrole nitrogens is 1. The van der Waals surface area contributed by atoms with Gasteiger partial charge in [0.1, 0.15) is 5.71 Å². The molecule has 31 heavy (non-hydrogen) atoms. The first-order valence-corrected chi connectivity index (χ1v) is 9.73. The lowest BCUT2D eigenvalue weighted by atomic mass is 10.1. The van der Waals surface area contributed by atoms with Crippen LogP contribution in [0.4, 0.5) is 5.95 Å². The highest BCUT2D eigenvalue weighted by atomic mass is 16.2. The van der Waals surface area contributed by atoms with Crippen molar-refractivity contribution in [3.63, 3.8) is 0 Å². The second-order valence-electron chi connectivity index (χ2n) is 7.07. The minimum atomic E-state index is -0.550. The second-order valence-corrected chi connectivity index (χ2v) is 7.07. The second kappa shape index (κ2) is 9.17. The topological polar surface area (TPSA) is 114 Å². The first-order chi connectivity index (χ1) is 14.8. The Labute approximate surface area is 180 Å². The van der Waals surface area contributed by atoms with Gasteiger partial charge in [0.2, 0.25) is 5.95 Å². The van der Waals surface area contributed by atoms with Gasteiger partial charge in [-0.3, -0.25) is 14.9 Å². The third-order valence-corrected chi connectivity index (χ3v) is 4.59. The fraction of sp³-hybridized carbons (Fsp3) is 0.174. The summed E-state index contributed by atoms with van der Waals surface area (Å²) in [6.07, 6.45) is 0.329. The first-order valence-electron chi connectivity index (χ1n) is 9.73. The number of para-hydroxylation sites is 2. The zero-order valence-electron chi connectivity index (χ0n) is 17.7. The van der Waals surface area contributed by atoms with Gasteiger partial charge in [0.25, 0.3) is 11.8 Å². The molecule has 2 amide bonds. The van der Waals surface area contributed by atoms with E-state index in [9.17, 15) is 9.59 Å². The summed E-state index contributed by atoms with van der Waals surface area (Å²) in [5.41, 5.74) is 3.05. The smallest absolute Gasteiger partial charge is 0.278 e. The van der Waals surface area contributed by atoms with Gasteiger partial charge in [0, 0.05) is 19.7 Å². The maximum Gasteiger partial charge on any atom is 0.278 e. The van der Waals surface area contributed by atoms with E-state index in [4.69, 9.17) is 5.41 Å². The Kier molecular flexibility index (Phi) is 6.40. The fourth-order valence-electron chi connectivity index (χ4n) is 2.86. The molecule has 0 saturated carbocycles. The maximum absolute atomic E-state index is 12.8. The average molecular weight is 416 g/mol. The van der Waals surface area contributed by atoms with Crippen molar-refractivity contribution in [1.82, 2.24) is 14.9 Å². The highest BCUT2D eigenvalue weighted by molar-refractivity contribution is 6.68. The number of aliphatic imine (C=N–C) groups is 1. The van der Waals surface area contributed by atoms with E-state index in [-0.39, 0.29) is 23.3 Å². The number of imidazole rings is 1. The third-order valence-electron chi connectivity index (χ3n) is 4.59. The number of rotatable bonds is 7. The molecule has 158 valence electrons. The van der Waals surface area contributed by atoms with Crippen LogP contribution in [0, 0.1) is 5.41 Å². The monoisotopic (exact) mass is 416 g/mol. The van der Waals surface area contributed by atoms with E-state index >= 15 is 0 Å². The molecule has 1 aromatic heterocycles. The number of nitrogens with zero attached hydrogens (tertiary/aromatic N) is 3. The summed E-state index contributed by atoms with van der Waals surface area (Å²) in [7, 11) is 3.37. The normalized spacial score (nSPS) is 11.3. The molecule has 0 bridgehead atoms. The molecule has 2 aromatic carbocycles. The molecule has 0 unspecified atom stereocenters. The van der Waals surface area contributed by atoms with Crippen molar-refractivity contribution in [1.29, 1.82) is 5.41 Å². The van der Waals surface area contributed by atoms with E-state index in [0.29, 0.717) is 23.2 Å². The van der Waals surface area contributed by atoms with Crippen LogP contribution >= 0.6 is 0 Å². The van der Waals surface area contributed by atoms with Crippen LogP contribution in [-0.4, -0.2) is 52.2 Å². The zero-order valence-corrected chi connectivity index (χ0v) is 17.7. The minimum Gasteiger partial charge on any atom is -0.345 e. The molecule has 8 heteroatoms. The number of nitrogens with one attached hydrogen (secondary N) is 3. The molecule has 8 nitrogen and oxygen atoms in total. The predicted molar refractivity (Wildman–Crippen MR) is 124 cm³/mol. The molecule has 0 saturated heterocycles. The molecule has 0 aliphatic rings. The van der Waals surface area contributed by atoms with Crippen molar-refractivity contribution in [2.45, 2.75) is 13.3 Å². The summed E-state index contributed by atoms with van der Waals surface area (Å²) < 4.78 is 0. The van der Waals surface area contributed by atoms with E-state index in [1.807, 2.05) is 24.3 Å². The van der Waals surface area contributed by atoms with E-state index in [1.54, 1.807) is 45.3 Å². The summed E-state index contributed by atoms with van der Waals surface area (Å²) in [5.74, 6) is -0.384. The zero-order chi connectivity index (χ0) is 22.5. The van der Waals surface area contributed by atoms with Crippen molar-refractivity contribution in [2.75, 3.05) is 19.4 Å². The summed E-state index contributed by atoms with van der Waals surface area (Å²) in [4.78, 5) is 38.1. The van der Waals surface area contributed by atoms with Crippen molar-refractivity contribution in [3.8, 4) is 0 Å². The Morgan fingerprint density at radius 2 is 1.77 bits per heavy atom. The van der Waals surface area contributed by atoms with Crippen LogP contribution in [0.25, 0.3) is 16.7 Å². The lowest BCUT2D eigenvalue weighted by molar-refractivity contribution is -0.110. The number of aromatic nitrogens is 2. The molecular weight excluding hydrogens is 392 g/mol. The van der Waals surface area contributed by atoms with Crippen LogP contribution < -0.4 is 5.32 Å². The van der Waals surface area contributed by atoms with Crippen LogP contribution in [0.2, 0.25) is 0 Å². The molecule has 0 radical (unpaired) electrons. The number of benzene rings is 2. The van der Waals surface area contributed by atoms with Crippen molar-refractivity contribution in [3.05, 3.63) is 66.2 Å². The number of hydrogen-bond acceptors (Lipinski definition) is 5. The molecule has 1 heterocycles. The minimum absolute atomic E-state index is 0.0404. The molecule has 3 aromatic rings. The number of amides is 2. The van der Waals surface area contributed by atoms with Crippen molar-refractivity contribution < 1.29 is 9.59 Å². The Morgan fingerprint density at radius 1 is 1.13 bits per heavy atom. The van der Waals surface area contributed by atoms with Gasteiger partial charge in [0.15, 0.2) is 0 Å². The van der Waals surface area contributed by atoms with Gasteiger partial charge < -0.3 is 15.3 Å². The Morgan fingerprint density at radius 3 is 2.39 bits per heavy atom. The number of carbonyl (C=O) groups is 2. The van der Waals surface area contributed by atoms with Gasteiger partial charge in [-0.25, -0.2) is 9.98 Å². The Bertz CT molecular complexity index is 1160. The van der Waals surface area contributed by atoms with E-state index in [1.165, 1.54) is 4.90 Å². The number of anilines is 1. The van der Waals surface area contributed by atoms with Gasteiger partial charge in [0.05, 0.1) is 22.4 Å². The Hall–Kier alpha value is -4.07. The lowest BCUT2D eigenvalue weighted by Gasteiger charge is -2.11. The van der Waals surface area contributed by atoms with Gasteiger partial charge in [-0.1, -0.05) is 37.8 Å². The number of hydrogen-bond donors (Lipinski definition) is 3. The van der Waals surface area contributed by atoms with Gasteiger partial charge >= 0.3 is 0 Å². The highest BCUT2D eigenvalue weighted by Gasteiger charge is 2.18. The molecule has 0 aliphatic heterocycles. The van der Waals surface area contributed by atoms with Crippen molar-refractivity contribution >= 4 is 45.9 Å². The number of fused-ring (bicyclic) bond motifs is 1. The number of aromatic amines is 1. The van der Waals surface area contributed by atoms with Gasteiger partial charge in [-0.05, 0) is 36.2 Å². The fourth-order valence-corrected chi connectivity index (χ4v) is 2.86. The molecule has 0 spiro atoms. The molecule has 3 rings (SSSR count). The Balaban J connectivity index is 1.83. The van der Waals surface area contributed by atoms with Gasteiger partial charge in [-0.15, -0.1) is 0 Å². The average Bonchev–Trinajstić information content (AvgIpc) is 3.18. The van der Waals surface area contributed by atoms with E-state index in [2.05, 4.69) is 26.9 Å². The summed E-state index contributed by atoms with van der Waals surface area (Å²) in [6.45, 7) is 5.71. The SMILES string of the molecule is C=C(N=C(C(=N)CC)C(=O)Nc1nc2ccccc2[nH]1)c1ccc(C(=O)N(C)C)cc1. The summed E-state index contributed by atoms with van der Waals surface area (Å²) >= 11 is 0. The summed E-state index contributed by atoms with van der Waals surface area (Å²) in [6, 6.07) is 14.2. The van der Waals surface area contributed by atoms with Crippen molar-refractivity contribution in [2.24, 2.45) is 4.99 Å². The third kappa shape index (κ3) is 4.92. The molecule has 0 atom stereocenters. The first kappa shape index (κ1) is 21.6. The largest absolute Gasteiger partial charge is 0.345 e. The lowest BCUT2D eigenvalue weighted by Crippen LogP contribution is -2.30. The molecular formula is C23H24N6O2. The van der Waals surface area contributed by atoms with Crippen LogP contribution in [0.3, 0.4) is 0 Å². The molecule has 0 aliphatic carbocycles. The van der Waals surface area contributed by atoms with E-state index in [0.717, 1.165) is 11.0 Å². The molecule has 3 N–H and O–H groups in total. The highest BCUT2D eigenvalue weighted by Crippen LogP contribution is 2.17. The van der Waals surface area contributed by atoms with Crippen LogP contribution in [0.15, 0.2) is 60.1 Å².